The molecule has 2 aliphatic rings. The van der Waals surface area contributed by atoms with Crippen molar-refractivity contribution < 1.29 is 4.39 Å². The summed E-state index contributed by atoms with van der Waals surface area (Å²) in [6.45, 7) is 4.85. The van der Waals surface area contributed by atoms with Crippen LogP contribution < -0.4 is 10.2 Å². The molecule has 104 valence electrons. The molecule has 2 fully saturated rings. The minimum atomic E-state index is -0.0848. The third kappa shape index (κ3) is 2.62. The minimum Gasteiger partial charge on any atom is -0.366 e. The van der Waals surface area contributed by atoms with Gasteiger partial charge in [-0.05, 0) is 37.5 Å². The minimum absolute atomic E-state index is 0.0848. The quantitative estimate of drug-likeness (QED) is 0.836. The van der Waals surface area contributed by atoms with E-state index in [1.165, 1.54) is 32.1 Å². The highest BCUT2D eigenvalue weighted by atomic mass is 19.1. The smallest absolute Gasteiger partial charge is 0.146 e. The van der Waals surface area contributed by atoms with E-state index in [-0.39, 0.29) is 11.4 Å². The molecule has 1 N–H and O–H groups in total. The van der Waals surface area contributed by atoms with E-state index >= 15 is 0 Å². The van der Waals surface area contributed by atoms with Gasteiger partial charge in [0, 0.05) is 25.2 Å². The lowest BCUT2D eigenvalue weighted by molar-refractivity contribution is 0.216. The number of hydrogen-bond acceptors (Lipinski definition) is 2. The molecule has 1 aliphatic carbocycles. The van der Waals surface area contributed by atoms with Crippen LogP contribution in [0.3, 0.4) is 0 Å². The highest BCUT2D eigenvalue weighted by Gasteiger charge is 2.36. The average molecular weight is 262 g/mol. The summed E-state index contributed by atoms with van der Waals surface area (Å²) < 4.78 is 14.0. The largest absolute Gasteiger partial charge is 0.366 e. The van der Waals surface area contributed by atoms with Crippen molar-refractivity contribution in [2.24, 2.45) is 0 Å². The summed E-state index contributed by atoms with van der Waals surface area (Å²) in [4.78, 5) is 2.24. The Morgan fingerprint density at radius 2 is 2.00 bits per heavy atom. The zero-order chi connectivity index (χ0) is 13.3. The fourth-order valence-electron chi connectivity index (χ4n) is 3.59. The van der Waals surface area contributed by atoms with E-state index in [0.717, 1.165) is 30.9 Å². The zero-order valence-electron chi connectivity index (χ0n) is 11.7. The lowest BCUT2D eigenvalue weighted by Crippen LogP contribution is -2.61. The van der Waals surface area contributed by atoms with Crippen LogP contribution in [0.5, 0.6) is 0 Å². The van der Waals surface area contributed by atoms with Crippen LogP contribution in [-0.2, 0) is 0 Å². The van der Waals surface area contributed by atoms with Crippen LogP contribution >= 0.6 is 0 Å². The van der Waals surface area contributed by atoms with Crippen molar-refractivity contribution in [1.29, 1.82) is 0 Å². The Morgan fingerprint density at radius 3 is 2.79 bits per heavy atom. The summed E-state index contributed by atoms with van der Waals surface area (Å²) >= 11 is 0. The van der Waals surface area contributed by atoms with Crippen LogP contribution in [0.4, 0.5) is 10.1 Å². The van der Waals surface area contributed by atoms with Crippen molar-refractivity contribution >= 4 is 5.69 Å². The second-order valence-electron chi connectivity index (χ2n) is 6.14. The maximum atomic E-state index is 14.0. The number of benzene rings is 1. The molecule has 0 atom stereocenters. The Bertz CT molecular complexity index is 447. The second kappa shape index (κ2) is 5.12. The maximum absolute atomic E-state index is 14.0. The van der Waals surface area contributed by atoms with Crippen molar-refractivity contribution in [2.45, 2.75) is 44.6 Å². The van der Waals surface area contributed by atoms with E-state index in [0.29, 0.717) is 0 Å². The number of halogens is 1. The molecule has 2 nitrogen and oxygen atoms in total. The number of piperazine rings is 1. The molecule has 1 aliphatic heterocycles. The molecule has 1 saturated heterocycles. The molecule has 1 aromatic rings. The Morgan fingerprint density at radius 1 is 1.21 bits per heavy atom. The second-order valence-corrected chi connectivity index (χ2v) is 6.14. The van der Waals surface area contributed by atoms with Crippen LogP contribution in [0.25, 0.3) is 0 Å². The molecule has 3 heteroatoms. The summed E-state index contributed by atoms with van der Waals surface area (Å²) in [7, 11) is 0. The van der Waals surface area contributed by atoms with Crippen LogP contribution in [0.15, 0.2) is 18.2 Å². The lowest BCUT2D eigenvalue weighted by Gasteiger charge is -2.47. The van der Waals surface area contributed by atoms with Gasteiger partial charge in [-0.3, -0.25) is 0 Å². The Kier molecular flexibility index (Phi) is 3.48. The number of aryl methyl sites for hydroxylation is 1. The molecular weight excluding hydrogens is 239 g/mol. The van der Waals surface area contributed by atoms with E-state index in [1.54, 1.807) is 6.07 Å². The lowest BCUT2D eigenvalue weighted by atomic mass is 9.80. The first-order valence-electron chi connectivity index (χ1n) is 7.45. The number of nitrogens with one attached hydrogen (secondary N) is 1. The van der Waals surface area contributed by atoms with Gasteiger partial charge in [0.25, 0.3) is 0 Å². The molecule has 1 spiro atoms. The molecule has 0 bridgehead atoms. The van der Waals surface area contributed by atoms with Crippen LogP contribution in [0.2, 0.25) is 0 Å². The highest BCUT2D eigenvalue weighted by Crippen LogP contribution is 2.33. The van der Waals surface area contributed by atoms with E-state index in [1.807, 2.05) is 19.1 Å². The molecule has 1 aromatic carbocycles. The standard InChI is InChI=1S/C16H23FN2/c1-13-5-6-14(17)15(11-13)19-10-9-18-16(12-19)7-3-2-4-8-16/h5-6,11,18H,2-4,7-10,12H2,1H3. The molecule has 1 heterocycles. The van der Waals surface area contributed by atoms with Crippen molar-refractivity contribution in [2.75, 3.05) is 24.5 Å². The number of anilines is 1. The first kappa shape index (κ1) is 12.9. The molecule has 3 rings (SSSR count). The van der Waals surface area contributed by atoms with Crippen LogP contribution in [-0.4, -0.2) is 25.2 Å². The SMILES string of the molecule is Cc1ccc(F)c(N2CCNC3(CCCCC3)C2)c1. The maximum Gasteiger partial charge on any atom is 0.146 e. The van der Waals surface area contributed by atoms with Gasteiger partial charge in [-0.1, -0.05) is 25.3 Å². The summed E-state index contributed by atoms with van der Waals surface area (Å²) in [5.41, 5.74) is 2.14. The number of nitrogens with zero attached hydrogens (tertiary/aromatic N) is 1. The molecule has 0 aromatic heterocycles. The monoisotopic (exact) mass is 262 g/mol. The summed E-state index contributed by atoms with van der Waals surface area (Å²) in [5.74, 6) is -0.0848. The Balaban J connectivity index is 1.82. The van der Waals surface area contributed by atoms with Crippen molar-refractivity contribution in [3.63, 3.8) is 0 Å². The van der Waals surface area contributed by atoms with Gasteiger partial charge in [0.15, 0.2) is 0 Å². The van der Waals surface area contributed by atoms with Gasteiger partial charge < -0.3 is 10.2 Å². The van der Waals surface area contributed by atoms with E-state index < -0.39 is 0 Å². The van der Waals surface area contributed by atoms with Gasteiger partial charge >= 0.3 is 0 Å². The Hall–Kier alpha value is -1.09. The summed E-state index contributed by atoms with van der Waals surface area (Å²) in [6.07, 6.45) is 6.42. The molecule has 1 saturated carbocycles. The predicted molar refractivity (Wildman–Crippen MR) is 77.2 cm³/mol. The van der Waals surface area contributed by atoms with Crippen LogP contribution in [0.1, 0.15) is 37.7 Å². The predicted octanol–water partition coefficient (Wildman–Crippen LogP) is 3.25. The van der Waals surface area contributed by atoms with Gasteiger partial charge in [-0.25, -0.2) is 4.39 Å². The van der Waals surface area contributed by atoms with Crippen molar-refractivity contribution in [1.82, 2.24) is 5.32 Å². The third-order valence-electron chi connectivity index (χ3n) is 4.63. The van der Waals surface area contributed by atoms with E-state index in [4.69, 9.17) is 0 Å². The summed E-state index contributed by atoms with van der Waals surface area (Å²) in [6, 6.07) is 5.43. The Labute approximate surface area is 115 Å². The molecule has 19 heavy (non-hydrogen) atoms. The normalized spacial score (nSPS) is 22.7. The van der Waals surface area contributed by atoms with Gasteiger partial charge in [0.1, 0.15) is 5.82 Å². The zero-order valence-corrected chi connectivity index (χ0v) is 11.7. The highest BCUT2D eigenvalue weighted by molar-refractivity contribution is 5.51. The van der Waals surface area contributed by atoms with Crippen molar-refractivity contribution in [3.8, 4) is 0 Å². The van der Waals surface area contributed by atoms with Gasteiger partial charge in [-0.15, -0.1) is 0 Å². The summed E-state index contributed by atoms with van der Waals surface area (Å²) in [5, 5.41) is 3.70. The van der Waals surface area contributed by atoms with Crippen molar-refractivity contribution in [3.05, 3.63) is 29.6 Å². The number of hydrogen-bond donors (Lipinski definition) is 1. The first-order chi connectivity index (χ1) is 9.19. The molecule has 0 unspecified atom stereocenters. The topological polar surface area (TPSA) is 15.3 Å². The molecule has 0 radical (unpaired) electrons. The van der Waals surface area contributed by atoms with Gasteiger partial charge in [0.05, 0.1) is 5.69 Å². The fourth-order valence-corrected chi connectivity index (χ4v) is 3.59. The first-order valence-corrected chi connectivity index (χ1v) is 7.45. The van der Waals surface area contributed by atoms with Gasteiger partial charge in [0.2, 0.25) is 0 Å². The number of rotatable bonds is 1. The molecular formula is C16H23FN2. The average Bonchev–Trinajstić information content (AvgIpc) is 2.42. The van der Waals surface area contributed by atoms with E-state index in [2.05, 4.69) is 10.2 Å². The fraction of sp³-hybridized carbons (Fsp3) is 0.625. The van der Waals surface area contributed by atoms with Gasteiger partial charge in [-0.2, -0.15) is 0 Å². The van der Waals surface area contributed by atoms with E-state index in [9.17, 15) is 4.39 Å². The molecule has 0 amide bonds. The van der Waals surface area contributed by atoms with Crippen LogP contribution in [0, 0.1) is 12.7 Å². The third-order valence-corrected chi connectivity index (χ3v) is 4.63.